The molecule has 0 fully saturated rings. The maximum atomic E-state index is 2.28. The third-order valence-corrected chi connectivity index (χ3v) is 4.00. The Morgan fingerprint density at radius 1 is 1.07 bits per heavy atom. The van der Waals surface area contributed by atoms with Gasteiger partial charge in [0.2, 0.25) is 0 Å². The molecule has 1 aliphatic carbocycles. The van der Waals surface area contributed by atoms with Crippen molar-refractivity contribution in [1.82, 2.24) is 0 Å². The van der Waals surface area contributed by atoms with Crippen molar-refractivity contribution >= 4 is 16.9 Å². The smallest absolute Gasteiger partial charge is 0.0127 e. The molecule has 0 N–H and O–H groups in total. The number of allylic oxidation sites excluding steroid dienone is 4. The summed E-state index contributed by atoms with van der Waals surface area (Å²) in [4.78, 5) is 1.57. The van der Waals surface area contributed by atoms with E-state index in [9.17, 15) is 0 Å². The molecule has 15 heavy (non-hydrogen) atoms. The molecule has 2 rings (SSSR count). The Morgan fingerprint density at radius 3 is 2.40 bits per heavy atom. The zero-order valence-electron chi connectivity index (χ0n) is 9.98. The van der Waals surface area contributed by atoms with E-state index in [4.69, 9.17) is 0 Å². The highest BCUT2D eigenvalue weighted by molar-refractivity contribution is 7.10. The molecule has 0 nitrogen and oxygen atoms in total. The van der Waals surface area contributed by atoms with Crippen molar-refractivity contribution < 1.29 is 0 Å². The predicted octanol–water partition coefficient (Wildman–Crippen LogP) is 4.82. The number of fused-ring (bicyclic) bond motifs is 1. The van der Waals surface area contributed by atoms with E-state index in [-0.39, 0.29) is 0 Å². The molecule has 0 saturated carbocycles. The van der Waals surface area contributed by atoms with Gasteiger partial charge in [-0.1, -0.05) is 11.1 Å². The van der Waals surface area contributed by atoms with Crippen LogP contribution in [-0.2, 0) is 6.42 Å². The van der Waals surface area contributed by atoms with Crippen LogP contribution in [-0.4, -0.2) is 0 Å². The predicted molar refractivity (Wildman–Crippen MR) is 69.3 cm³/mol. The Kier molecular flexibility index (Phi) is 2.83. The van der Waals surface area contributed by atoms with Crippen molar-refractivity contribution in [3.63, 3.8) is 0 Å². The zero-order chi connectivity index (χ0) is 11.0. The van der Waals surface area contributed by atoms with E-state index in [1.807, 2.05) is 11.3 Å². The van der Waals surface area contributed by atoms with Crippen molar-refractivity contribution in [2.75, 3.05) is 0 Å². The lowest BCUT2D eigenvalue weighted by atomic mass is 9.84. The average molecular weight is 218 g/mol. The molecule has 0 unspecified atom stereocenters. The summed E-state index contributed by atoms with van der Waals surface area (Å²) >= 11 is 1.90. The van der Waals surface area contributed by atoms with Crippen molar-refractivity contribution in [2.24, 2.45) is 0 Å². The third-order valence-electron chi connectivity index (χ3n) is 3.02. The highest BCUT2D eigenvalue weighted by Gasteiger charge is 2.20. The van der Waals surface area contributed by atoms with Crippen LogP contribution in [0.2, 0.25) is 0 Å². The van der Waals surface area contributed by atoms with E-state index in [1.165, 1.54) is 35.1 Å². The van der Waals surface area contributed by atoms with Crippen LogP contribution in [0.1, 0.15) is 44.6 Å². The van der Waals surface area contributed by atoms with E-state index < -0.39 is 0 Å². The molecule has 1 aromatic rings. The van der Waals surface area contributed by atoms with E-state index >= 15 is 0 Å². The number of hydrogen-bond donors (Lipinski definition) is 0. The van der Waals surface area contributed by atoms with E-state index in [2.05, 4.69) is 39.1 Å². The third kappa shape index (κ3) is 1.81. The molecule has 1 aromatic heterocycles. The largest absolute Gasteiger partial charge is 0.148 e. The molecule has 0 amide bonds. The summed E-state index contributed by atoms with van der Waals surface area (Å²) < 4.78 is 0. The maximum Gasteiger partial charge on any atom is 0.0127 e. The Morgan fingerprint density at radius 2 is 1.80 bits per heavy atom. The van der Waals surface area contributed by atoms with Crippen LogP contribution in [0, 0.1) is 0 Å². The number of hydrogen-bond acceptors (Lipinski definition) is 1. The van der Waals surface area contributed by atoms with Gasteiger partial charge < -0.3 is 0 Å². The van der Waals surface area contributed by atoms with Crippen LogP contribution in [0.4, 0.5) is 0 Å². The first kappa shape index (κ1) is 10.7. The van der Waals surface area contributed by atoms with Crippen LogP contribution < -0.4 is 0 Å². The molecule has 0 atom stereocenters. The Labute approximate surface area is 96.3 Å². The van der Waals surface area contributed by atoms with Gasteiger partial charge in [-0.3, -0.25) is 0 Å². The zero-order valence-corrected chi connectivity index (χ0v) is 10.8. The topological polar surface area (TPSA) is 0 Å². The summed E-state index contributed by atoms with van der Waals surface area (Å²) in [6, 6.07) is 2.28. The van der Waals surface area contributed by atoms with Gasteiger partial charge in [-0.2, -0.15) is 0 Å². The van der Waals surface area contributed by atoms with Gasteiger partial charge in [0, 0.05) is 4.88 Å². The Balaban J connectivity index is 2.65. The highest BCUT2D eigenvalue weighted by Crippen LogP contribution is 2.40. The van der Waals surface area contributed by atoms with Gasteiger partial charge in [-0.05, 0) is 68.7 Å². The van der Waals surface area contributed by atoms with Gasteiger partial charge in [0.15, 0.2) is 0 Å². The van der Waals surface area contributed by atoms with E-state index in [0.29, 0.717) is 0 Å². The fourth-order valence-corrected chi connectivity index (χ4v) is 3.24. The van der Waals surface area contributed by atoms with Gasteiger partial charge in [0.1, 0.15) is 0 Å². The van der Waals surface area contributed by atoms with Crippen LogP contribution >= 0.6 is 11.3 Å². The second-order valence-corrected chi connectivity index (χ2v) is 5.61. The van der Waals surface area contributed by atoms with Gasteiger partial charge >= 0.3 is 0 Å². The maximum absolute atomic E-state index is 2.28. The minimum absolute atomic E-state index is 1.22. The number of thiophene rings is 1. The second kappa shape index (κ2) is 3.97. The monoisotopic (exact) mass is 218 g/mol. The summed E-state index contributed by atoms with van der Waals surface area (Å²) in [5, 5.41) is 2.22. The lowest BCUT2D eigenvalue weighted by Crippen LogP contribution is -2.04. The normalized spacial score (nSPS) is 15.2. The average Bonchev–Trinajstić information content (AvgIpc) is 2.62. The Hall–Kier alpha value is -0.820. The molecule has 0 bridgehead atoms. The summed E-state index contributed by atoms with van der Waals surface area (Å²) in [7, 11) is 0. The molecule has 0 spiro atoms. The molecule has 0 saturated heterocycles. The molecule has 0 aliphatic heterocycles. The fraction of sp³-hybridized carbons (Fsp3) is 0.429. The number of aryl methyl sites for hydroxylation is 1. The van der Waals surface area contributed by atoms with Crippen molar-refractivity contribution in [3.05, 3.63) is 38.6 Å². The van der Waals surface area contributed by atoms with Gasteiger partial charge in [-0.15, -0.1) is 11.3 Å². The van der Waals surface area contributed by atoms with Crippen LogP contribution in [0.25, 0.3) is 5.57 Å². The van der Waals surface area contributed by atoms with Crippen LogP contribution in [0.15, 0.2) is 28.2 Å². The molecule has 0 aromatic carbocycles. The number of rotatable bonds is 0. The minimum Gasteiger partial charge on any atom is -0.148 e. The molecule has 1 heteroatoms. The van der Waals surface area contributed by atoms with E-state index in [1.54, 1.807) is 10.5 Å². The van der Waals surface area contributed by atoms with Crippen molar-refractivity contribution in [2.45, 2.75) is 40.5 Å². The molecule has 1 heterocycles. The lowest BCUT2D eigenvalue weighted by Gasteiger charge is -2.22. The minimum atomic E-state index is 1.22. The van der Waals surface area contributed by atoms with Gasteiger partial charge in [0.25, 0.3) is 0 Å². The first-order valence-corrected chi connectivity index (χ1v) is 6.40. The van der Waals surface area contributed by atoms with E-state index in [0.717, 1.165) is 0 Å². The highest BCUT2D eigenvalue weighted by atomic mass is 32.1. The standard InChI is InChI=1S/C14H18S/c1-9(2)11-5-6-13-12(7-8-15-13)14(11)10(3)4/h7-8H,5-6H2,1-4H3. The van der Waals surface area contributed by atoms with Crippen molar-refractivity contribution in [1.29, 1.82) is 0 Å². The van der Waals surface area contributed by atoms with Crippen LogP contribution in [0.3, 0.4) is 0 Å². The SMILES string of the molecule is CC(C)=C1CCc2sccc2C1=C(C)C. The Bertz CT molecular complexity index is 436. The summed E-state index contributed by atoms with van der Waals surface area (Å²) in [6.07, 6.45) is 2.45. The van der Waals surface area contributed by atoms with Gasteiger partial charge in [0.05, 0.1) is 0 Å². The first-order valence-electron chi connectivity index (χ1n) is 5.52. The van der Waals surface area contributed by atoms with Crippen molar-refractivity contribution in [3.8, 4) is 0 Å². The first-order chi connectivity index (χ1) is 7.11. The summed E-state index contributed by atoms with van der Waals surface area (Å²) in [5.74, 6) is 0. The summed E-state index contributed by atoms with van der Waals surface area (Å²) in [6.45, 7) is 8.92. The molecule has 80 valence electrons. The molecule has 0 radical (unpaired) electrons. The molecule has 1 aliphatic rings. The molecular weight excluding hydrogens is 200 g/mol. The second-order valence-electron chi connectivity index (χ2n) is 4.61. The fourth-order valence-electron chi connectivity index (χ4n) is 2.35. The quantitative estimate of drug-likeness (QED) is 0.585. The molecular formula is C14H18S. The van der Waals surface area contributed by atoms with Crippen LogP contribution in [0.5, 0.6) is 0 Å². The lowest BCUT2D eigenvalue weighted by molar-refractivity contribution is 0.941. The summed E-state index contributed by atoms with van der Waals surface area (Å²) in [5.41, 5.74) is 7.49. The van der Waals surface area contributed by atoms with Gasteiger partial charge in [-0.25, -0.2) is 0 Å².